The fourth-order valence-corrected chi connectivity index (χ4v) is 2.28. The van der Waals surface area contributed by atoms with E-state index in [1.165, 1.54) is 4.57 Å². The quantitative estimate of drug-likeness (QED) is 0.796. The summed E-state index contributed by atoms with van der Waals surface area (Å²) in [6.07, 6.45) is 0. The van der Waals surface area contributed by atoms with Gasteiger partial charge in [-0.05, 0) is 46.3 Å². The van der Waals surface area contributed by atoms with Crippen LogP contribution in [0.2, 0.25) is 5.02 Å². The first kappa shape index (κ1) is 10.7. The molecule has 0 aliphatic heterocycles. The molecule has 78 valence electrons. The number of benzene rings is 1. The molecule has 0 aliphatic carbocycles. The molecule has 1 aromatic heterocycles. The molecule has 0 saturated carbocycles. The number of aromatic amines is 2. The minimum atomic E-state index is -0.317. The smallest absolute Gasteiger partial charge is 0.272 e. The van der Waals surface area contributed by atoms with Crippen molar-refractivity contribution in [3.63, 3.8) is 0 Å². The number of hydrogen-bond acceptors (Lipinski definition) is 2. The number of H-pyrrole nitrogens is 2. The van der Waals surface area contributed by atoms with E-state index in [0.717, 1.165) is 0 Å². The van der Waals surface area contributed by atoms with Gasteiger partial charge in [0.15, 0.2) is 0 Å². The molecule has 0 unspecified atom stereocenters. The van der Waals surface area contributed by atoms with Gasteiger partial charge in [0.05, 0.1) is 5.69 Å². The fraction of sp³-hybridized carbons (Fsp3) is 0. The first-order valence-electron chi connectivity index (χ1n) is 3.95. The van der Waals surface area contributed by atoms with Crippen LogP contribution in [0.3, 0.4) is 0 Å². The maximum absolute atomic E-state index is 11.4. The van der Waals surface area contributed by atoms with Crippen LogP contribution in [0, 0.1) is 4.77 Å². The van der Waals surface area contributed by atoms with Crippen LogP contribution in [-0.4, -0.2) is 14.8 Å². The topological polar surface area (TPSA) is 53.6 Å². The van der Waals surface area contributed by atoms with Crippen molar-refractivity contribution in [3.8, 4) is 5.69 Å². The van der Waals surface area contributed by atoms with Gasteiger partial charge >= 0.3 is 5.69 Å². The highest BCUT2D eigenvalue weighted by Gasteiger charge is 2.07. The van der Waals surface area contributed by atoms with E-state index in [2.05, 4.69) is 26.1 Å². The van der Waals surface area contributed by atoms with Crippen LogP contribution in [0.1, 0.15) is 0 Å². The fourth-order valence-electron chi connectivity index (χ4n) is 1.19. The molecule has 0 saturated heterocycles. The number of nitrogens with zero attached hydrogens (tertiary/aromatic N) is 1. The molecule has 1 heterocycles. The molecule has 0 aliphatic rings. The van der Waals surface area contributed by atoms with Gasteiger partial charge in [0, 0.05) is 9.50 Å². The van der Waals surface area contributed by atoms with Crippen molar-refractivity contribution in [3.05, 3.63) is 42.9 Å². The van der Waals surface area contributed by atoms with Gasteiger partial charge < -0.3 is 0 Å². The summed E-state index contributed by atoms with van der Waals surface area (Å²) in [5.41, 5.74) is 0.329. The van der Waals surface area contributed by atoms with Gasteiger partial charge in [-0.1, -0.05) is 11.6 Å². The lowest BCUT2D eigenvalue weighted by Crippen LogP contribution is -2.15. The highest BCUT2D eigenvalue weighted by molar-refractivity contribution is 9.10. The van der Waals surface area contributed by atoms with Crippen LogP contribution < -0.4 is 5.69 Å². The number of hydrogen-bond donors (Lipinski definition) is 2. The molecule has 2 aromatic rings. The lowest BCUT2D eigenvalue weighted by molar-refractivity contribution is 0.970. The molecule has 2 rings (SSSR count). The van der Waals surface area contributed by atoms with E-state index in [4.69, 9.17) is 23.8 Å². The minimum absolute atomic E-state index is 0.308. The van der Waals surface area contributed by atoms with Gasteiger partial charge in [-0.3, -0.25) is 5.10 Å². The summed E-state index contributed by atoms with van der Waals surface area (Å²) in [4.78, 5) is 11.4. The third kappa shape index (κ3) is 1.92. The Balaban J connectivity index is 2.75. The van der Waals surface area contributed by atoms with E-state index in [9.17, 15) is 4.79 Å². The Hall–Kier alpha value is -0.850. The summed E-state index contributed by atoms with van der Waals surface area (Å²) in [6.45, 7) is 0. The summed E-state index contributed by atoms with van der Waals surface area (Å²) in [5.74, 6) is 0. The summed E-state index contributed by atoms with van der Waals surface area (Å²) in [7, 11) is 0. The zero-order valence-electron chi connectivity index (χ0n) is 7.25. The maximum Gasteiger partial charge on any atom is 0.347 e. The highest BCUT2D eigenvalue weighted by atomic mass is 79.9. The Bertz CT molecular complexity index is 587. The van der Waals surface area contributed by atoms with E-state index in [1.807, 2.05) is 0 Å². The second-order valence-corrected chi connectivity index (χ2v) is 4.47. The van der Waals surface area contributed by atoms with Crippen molar-refractivity contribution in [2.24, 2.45) is 0 Å². The number of aromatic nitrogens is 3. The third-order valence-electron chi connectivity index (χ3n) is 1.83. The van der Waals surface area contributed by atoms with Crippen LogP contribution in [0.5, 0.6) is 0 Å². The van der Waals surface area contributed by atoms with E-state index >= 15 is 0 Å². The summed E-state index contributed by atoms with van der Waals surface area (Å²) < 4.78 is 2.36. The number of nitrogens with one attached hydrogen (secondary N) is 2. The van der Waals surface area contributed by atoms with Gasteiger partial charge in [-0.25, -0.2) is 14.5 Å². The number of halogens is 2. The molecule has 15 heavy (non-hydrogen) atoms. The average molecular weight is 307 g/mol. The second kappa shape index (κ2) is 3.96. The molecule has 0 spiro atoms. The summed E-state index contributed by atoms with van der Waals surface area (Å²) >= 11 is 14.1. The molecule has 2 N–H and O–H groups in total. The van der Waals surface area contributed by atoms with Crippen molar-refractivity contribution < 1.29 is 0 Å². The highest BCUT2D eigenvalue weighted by Crippen LogP contribution is 2.23. The molecule has 0 radical (unpaired) electrons. The van der Waals surface area contributed by atoms with Crippen LogP contribution in [0.15, 0.2) is 27.5 Å². The Morgan fingerprint density at radius 2 is 2.13 bits per heavy atom. The molecule has 1 aromatic carbocycles. The third-order valence-corrected chi connectivity index (χ3v) is 2.99. The van der Waals surface area contributed by atoms with Crippen molar-refractivity contribution in [2.45, 2.75) is 0 Å². The standard InChI is InChI=1S/C8H5BrClN3OS/c9-5-3-4(10)1-2-6(5)13-7(14)11-12-8(13)15/h1-3H,(H,11,14)(H,12,15). The molecule has 0 bridgehead atoms. The predicted molar refractivity (Wildman–Crippen MR) is 64.3 cm³/mol. The Kier molecular flexibility index (Phi) is 2.81. The first-order chi connectivity index (χ1) is 7.09. The molecule has 0 atom stereocenters. The van der Waals surface area contributed by atoms with Gasteiger partial charge in [0.1, 0.15) is 0 Å². The van der Waals surface area contributed by atoms with Gasteiger partial charge in [0.25, 0.3) is 0 Å². The largest absolute Gasteiger partial charge is 0.347 e. The maximum atomic E-state index is 11.4. The minimum Gasteiger partial charge on any atom is -0.272 e. The normalized spacial score (nSPS) is 10.5. The first-order valence-corrected chi connectivity index (χ1v) is 5.52. The van der Waals surface area contributed by atoms with Crippen LogP contribution in [0.25, 0.3) is 5.69 Å². The van der Waals surface area contributed by atoms with Crippen molar-refractivity contribution in [2.75, 3.05) is 0 Å². The monoisotopic (exact) mass is 305 g/mol. The van der Waals surface area contributed by atoms with Crippen molar-refractivity contribution >= 4 is 39.7 Å². The number of rotatable bonds is 1. The molecular formula is C8H5BrClN3OS. The molecule has 0 amide bonds. The van der Waals surface area contributed by atoms with Crippen LogP contribution in [-0.2, 0) is 0 Å². The van der Waals surface area contributed by atoms with Crippen LogP contribution in [0.4, 0.5) is 0 Å². The lowest BCUT2D eigenvalue weighted by Gasteiger charge is -2.03. The SMILES string of the molecule is O=c1[nH][nH]c(=S)n1-c1ccc(Cl)cc1Br. The van der Waals surface area contributed by atoms with E-state index < -0.39 is 0 Å². The molecule has 0 fully saturated rings. The van der Waals surface area contributed by atoms with Crippen molar-refractivity contribution in [1.82, 2.24) is 14.8 Å². The molecule has 7 heteroatoms. The second-order valence-electron chi connectivity index (χ2n) is 2.79. The Morgan fingerprint density at radius 3 is 2.67 bits per heavy atom. The van der Waals surface area contributed by atoms with E-state index in [0.29, 0.717) is 20.0 Å². The Morgan fingerprint density at radius 1 is 1.40 bits per heavy atom. The molecular weight excluding hydrogens is 302 g/mol. The summed E-state index contributed by atoms with van der Waals surface area (Å²) in [5, 5.41) is 5.55. The van der Waals surface area contributed by atoms with Gasteiger partial charge in [-0.2, -0.15) is 0 Å². The Labute approximate surface area is 103 Å². The van der Waals surface area contributed by atoms with Gasteiger partial charge in [-0.15, -0.1) is 0 Å². The van der Waals surface area contributed by atoms with Gasteiger partial charge in [0.2, 0.25) is 4.77 Å². The average Bonchev–Trinajstić information content (AvgIpc) is 2.48. The zero-order chi connectivity index (χ0) is 11.0. The zero-order valence-corrected chi connectivity index (χ0v) is 10.4. The van der Waals surface area contributed by atoms with E-state index in [1.54, 1.807) is 18.2 Å². The lowest BCUT2D eigenvalue weighted by atomic mass is 10.3. The summed E-state index contributed by atoms with van der Waals surface area (Å²) in [6, 6.07) is 5.10. The predicted octanol–water partition coefficient (Wildman–Crippen LogP) is 2.64. The van der Waals surface area contributed by atoms with Crippen LogP contribution >= 0.6 is 39.7 Å². The molecule has 4 nitrogen and oxygen atoms in total. The van der Waals surface area contributed by atoms with E-state index in [-0.39, 0.29) is 5.69 Å². The van der Waals surface area contributed by atoms with Crippen molar-refractivity contribution in [1.29, 1.82) is 0 Å².